The summed E-state index contributed by atoms with van der Waals surface area (Å²) in [5.74, 6) is 0. The van der Waals surface area contributed by atoms with E-state index < -0.39 is 16.6 Å². The molecule has 0 N–H and O–H groups in total. The quantitative estimate of drug-likeness (QED) is 0.535. The summed E-state index contributed by atoms with van der Waals surface area (Å²) >= 11 is 0. The van der Waals surface area contributed by atoms with Crippen LogP contribution in [-0.2, 0) is 8.85 Å². The Bertz CT molecular complexity index is 237. The van der Waals surface area contributed by atoms with Crippen LogP contribution in [0.25, 0.3) is 0 Å². The molecule has 0 spiro atoms. The van der Waals surface area contributed by atoms with Crippen molar-refractivity contribution in [1.82, 2.24) is 0 Å². The van der Waals surface area contributed by atoms with E-state index >= 15 is 0 Å². The third-order valence-corrected chi connectivity index (χ3v) is 6.67. The maximum absolute atomic E-state index is 8.42. The minimum absolute atomic E-state index is 0.863. The highest BCUT2D eigenvalue weighted by molar-refractivity contribution is 6.76. The molecule has 0 saturated carbocycles. The SMILES string of the molecule is C[Si](C)(CC[Si](C)(C)OC#N)OC#N. The Morgan fingerprint density at radius 1 is 0.857 bits per heavy atom. The molecule has 14 heavy (non-hydrogen) atoms. The molecule has 0 aliphatic heterocycles. The van der Waals surface area contributed by atoms with Crippen molar-refractivity contribution in [3.05, 3.63) is 0 Å². The van der Waals surface area contributed by atoms with Crippen molar-refractivity contribution >= 4 is 16.6 Å². The topological polar surface area (TPSA) is 66.0 Å². The van der Waals surface area contributed by atoms with E-state index in [-0.39, 0.29) is 0 Å². The van der Waals surface area contributed by atoms with Gasteiger partial charge in [0.15, 0.2) is 0 Å². The highest BCUT2D eigenvalue weighted by Crippen LogP contribution is 2.21. The fraction of sp³-hybridized carbons (Fsp3) is 0.750. The van der Waals surface area contributed by atoms with Crippen molar-refractivity contribution < 1.29 is 8.85 Å². The van der Waals surface area contributed by atoms with Crippen LogP contribution in [0, 0.1) is 23.0 Å². The van der Waals surface area contributed by atoms with Gasteiger partial charge in [-0.25, -0.2) is 0 Å². The van der Waals surface area contributed by atoms with Gasteiger partial charge in [0.1, 0.15) is 0 Å². The standard InChI is InChI=1S/C8H16N2O2Si2/c1-13(2,11-7-9)5-6-14(3,4)12-8-10/h5-6H2,1-4H3. The van der Waals surface area contributed by atoms with Crippen molar-refractivity contribution in [2.45, 2.75) is 38.3 Å². The molecule has 78 valence electrons. The minimum atomic E-state index is -1.86. The van der Waals surface area contributed by atoms with Crippen LogP contribution < -0.4 is 0 Å². The highest BCUT2D eigenvalue weighted by atomic mass is 28.4. The first-order chi connectivity index (χ1) is 6.33. The van der Waals surface area contributed by atoms with Gasteiger partial charge < -0.3 is 8.85 Å². The van der Waals surface area contributed by atoms with Crippen LogP contribution >= 0.6 is 0 Å². The summed E-state index contributed by atoms with van der Waals surface area (Å²) in [5.41, 5.74) is 0. The zero-order valence-electron chi connectivity index (χ0n) is 9.13. The average Bonchev–Trinajstić information content (AvgIpc) is 2.01. The first-order valence-electron chi connectivity index (χ1n) is 4.47. The van der Waals surface area contributed by atoms with E-state index in [4.69, 9.17) is 19.4 Å². The van der Waals surface area contributed by atoms with Crippen LogP contribution in [0.1, 0.15) is 0 Å². The van der Waals surface area contributed by atoms with Gasteiger partial charge in [-0.1, -0.05) is 0 Å². The number of nitriles is 2. The minimum Gasteiger partial charge on any atom is -0.482 e. The number of hydrogen-bond donors (Lipinski definition) is 0. The van der Waals surface area contributed by atoms with E-state index in [1.54, 1.807) is 12.5 Å². The van der Waals surface area contributed by atoms with Crippen LogP contribution in [-0.4, -0.2) is 16.6 Å². The molecule has 0 aromatic rings. The van der Waals surface area contributed by atoms with Crippen LogP contribution in [0.3, 0.4) is 0 Å². The second kappa shape index (κ2) is 5.03. The average molecular weight is 228 g/mol. The summed E-state index contributed by atoms with van der Waals surface area (Å²) in [7, 11) is -3.72. The molecule has 0 aromatic heterocycles. The monoisotopic (exact) mass is 228 g/mol. The molecule has 0 unspecified atom stereocenters. The highest BCUT2D eigenvalue weighted by Gasteiger charge is 2.32. The van der Waals surface area contributed by atoms with E-state index in [1.807, 2.05) is 26.2 Å². The van der Waals surface area contributed by atoms with E-state index in [0.717, 1.165) is 12.1 Å². The first-order valence-corrected chi connectivity index (χ1v) is 10.7. The molecule has 0 bridgehead atoms. The van der Waals surface area contributed by atoms with Gasteiger partial charge in [0.05, 0.1) is 0 Å². The summed E-state index contributed by atoms with van der Waals surface area (Å²) < 4.78 is 10.1. The summed E-state index contributed by atoms with van der Waals surface area (Å²) in [6.07, 6.45) is 3.50. The Morgan fingerprint density at radius 3 is 1.36 bits per heavy atom. The molecular formula is C8H16N2O2Si2. The lowest BCUT2D eigenvalue weighted by Gasteiger charge is -2.23. The molecule has 0 amide bonds. The summed E-state index contributed by atoms with van der Waals surface area (Å²) in [4.78, 5) is 0. The molecular weight excluding hydrogens is 212 g/mol. The van der Waals surface area contributed by atoms with Crippen LogP contribution in [0.2, 0.25) is 38.3 Å². The lowest BCUT2D eigenvalue weighted by atomic mass is 10.9. The van der Waals surface area contributed by atoms with E-state index in [0.29, 0.717) is 0 Å². The lowest BCUT2D eigenvalue weighted by molar-refractivity contribution is 0.484. The van der Waals surface area contributed by atoms with Crippen molar-refractivity contribution in [2.75, 3.05) is 0 Å². The smallest absolute Gasteiger partial charge is 0.271 e. The maximum atomic E-state index is 8.42. The Kier molecular flexibility index (Phi) is 4.68. The zero-order valence-corrected chi connectivity index (χ0v) is 11.1. The van der Waals surface area contributed by atoms with Crippen molar-refractivity contribution in [3.8, 4) is 12.5 Å². The van der Waals surface area contributed by atoms with E-state index in [9.17, 15) is 0 Å². The van der Waals surface area contributed by atoms with Gasteiger partial charge in [0.2, 0.25) is 0 Å². The van der Waals surface area contributed by atoms with Gasteiger partial charge >= 0.3 is 0 Å². The van der Waals surface area contributed by atoms with Gasteiger partial charge in [0.25, 0.3) is 29.1 Å². The van der Waals surface area contributed by atoms with E-state index in [2.05, 4.69) is 0 Å². The molecule has 0 radical (unpaired) electrons. The maximum Gasteiger partial charge on any atom is 0.271 e. The Labute approximate surface area is 87.3 Å². The Balaban J connectivity index is 4.06. The van der Waals surface area contributed by atoms with Gasteiger partial charge in [-0.05, 0) is 38.3 Å². The molecule has 6 heteroatoms. The third-order valence-electron chi connectivity index (χ3n) is 1.97. The largest absolute Gasteiger partial charge is 0.482 e. The predicted octanol–water partition coefficient (Wildman–Crippen LogP) is 2.39. The number of rotatable bonds is 5. The first kappa shape index (κ1) is 13.0. The third kappa shape index (κ3) is 5.62. The molecule has 0 atom stereocenters. The fourth-order valence-corrected chi connectivity index (χ4v) is 6.47. The molecule has 0 aliphatic rings. The summed E-state index contributed by atoms with van der Waals surface area (Å²) in [6.45, 7) is 7.97. The molecule has 0 rings (SSSR count). The van der Waals surface area contributed by atoms with Crippen LogP contribution in [0.15, 0.2) is 0 Å². The van der Waals surface area contributed by atoms with Gasteiger partial charge in [-0.2, -0.15) is 10.5 Å². The van der Waals surface area contributed by atoms with Crippen molar-refractivity contribution in [2.24, 2.45) is 0 Å². The molecule has 0 heterocycles. The van der Waals surface area contributed by atoms with Crippen molar-refractivity contribution in [3.63, 3.8) is 0 Å². The molecule has 0 aliphatic carbocycles. The molecule has 0 fully saturated rings. The molecule has 0 aromatic carbocycles. The number of hydrogen-bond acceptors (Lipinski definition) is 4. The zero-order chi connectivity index (χ0) is 11.2. The summed E-state index contributed by atoms with van der Waals surface area (Å²) in [5, 5.41) is 16.8. The van der Waals surface area contributed by atoms with Gasteiger partial charge in [-0.3, -0.25) is 0 Å². The second-order valence-corrected chi connectivity index (χ2v) is 12.9. The Hall–Kier alpha value is -0.986. The van der Waals surface area contributed by atoms with E-state index in [1.165, 1.54) is 0 Å². The predicted molar refractivity (Wildman–Crippen MR) is 58.0 cm³/mol. The van der Waals surface area contributed by atoms with Gasteiger partial charge in [0, 0.05) is 0 Å². The molecule has 4 nitrogen and oxygen atoms in total. The van der Waals surface area contributed by atoms with Crippen molar-refractivity contribution in [1.29, 1.82) is 10.5 Å². The van der Waals surface area contributed by atoms with Gasteiger partial charge in [-0.15, -0.1) is 0 Å². The van der Waals surface area contributed by atoms with Crippen LogP contribution in [0.4, 0.5) is 0 Å². The summed E-state index contributed by atoms with van der Waals surface area (Å²) in [6, 6.07) is 1.73. The second-order valence-electron chi connectivity index (χ2n) is 4.41. The van der Waals surface area contributed by atoms with Crippen LogP contribution in [0.5, 0.6) is 0 Å². The molecule has 0 saturated heterocycles. The normalized spacial score (nSPS) is 11.3. The Morgan fingerprint density at radius 2 is 1.14 bits per heavy atom. The lowest BCUT2D eigenvalue weighted by Crippen LogP contribution is -2.35. The number of nitrogens with zero attached hydrogens (tertiary/aromatic N) is 2. The fourth-order valence-electron chi connectivity index (χ4n) is 0.951.